The molecule has 5 nitrogen and oxygen atoms in total. The lowest BCUT2D eigenvalue weighted by Crippen LogP contribution is -2.43. The number of carbonyl (C=O) groups excluding carboxylic acids is 1. The summed E-state index contributed by atoms with van der Waals surface area (Å²) < 4.78 is 2.24. The van der Waals surface area contributed by atoms with Gasteiger partial charge in [0.15, 0.2) is 0 Å². The predicted octanol–water partition coefficient (Wildman–Crippen LogP) is 8.71. The fourth-order valence-electron chi connectivity index (χ4n) is 6.03. The zero-order valence-electron chi connectivity index (χ0n) is 23.1. The fourth-order valence-corrected chi connectivity index (χ4v) is 6.03. The lowest BCUT2D eigenvalue weighted by molar-refractivity contribution is 0.112. The maximum absolute atomic E-state index is 14.5. The summed E-state index contributed by atoms with van der Waals surface area (Å²) in [4.78, 5) is 21.3. The molecule has 2 aromatic carbocycles. The summed E-state index contributed by atoms with van der Waals surface area (Å²) in [6, 6.07) is 22.9. The maximum atomic E-state index is 14.5. The third-order valence-corrected chi connectivity index (χ3v) is 7.96. The first-order valence-electron chi connectivity index (χ1n) is 14.1. The number of pyridine rings is 1. The molecule has 1 N–H and O–H groups in total. The zero-order valence-corrected chi connectivity index (χ0v) is 23.1. The molecular weight excluding hydrogens is 468 g/mol. The monoisotopic (exact) mass is 508 g/mol. The minimum absolute atomic E-state index is 0.0569. The molecule has 2 amide bonds. The van der Waals surface area contributed by atoms with Gasteiger partial charge in [-0.15, -0.1) is 0 Å². The summed E-state index contributed by atoms with van der Waals surface area (Å²) in [5, 5.41) is 4.53. The molecule has 198 valence electrons. The van der Waals surface area contributed by atoms with Crippen molar-refractivity contribution in [1.29, 1.82) is 0 Å². The molecule has 2 aromatic heterocycles. The van der Waals surface area contributed by atoms with Crippen LogP contribution < -0.4 is 5.32 Å². The van der Waals surface area contributed by atoms with E-state index in [1.54, 1.807) is 0 Å². The molecule has 1 atom stereocenters. The Morgan fingerprint density at radius 1 is 0.921 bits per heavy atom. The standard InChI is InChI=1S/C33H40N4O/c1-23(2)28-17-10-18-29(24(3)4)30(28)35-33(38)37(22-25-12-6-5-7-13-25)32(27-14-8-9-15-27)36-21-19-26-16-11-20-34-31(26)36/h5-7,10-13,16-21,23-24,27,32H,8-9,14-15,22H2,1-4H3,(H,35,38). The largest absolute Gasteiger partial charge is 0.323 e. The lowest BCUT2D eigenvalue weighted by atomic mass is 9.92. The minimum atomic E-state index is -0.126. The number of aromatic nitrogens is 2. The van der Waals surface area contributed by atoms with Gasteiger partial charge in [-0.25, -0.2) is 9.78 Å². The van der Waals surface area contributed by atoms with Gasteiger partial charge in [0.25, 0.3) is 0 Å². The van der Waals surface area contributed by atoms with Gasteiger partial charge in [0.1, 0.15) is 11.8 Å². The van der Waals surface area contributed by atoms with Crippen LogP contribution in [0.4, 0.5) is 10.5 Å². The van der Waals surface area contributed by atoms with Gasteiger partial charge in [-0.2, -0.15) is 0 Å². The summed E-state index contributed by atoms with van der Waals surface area (Å²) in [6.45, 7) is 9.29. The van der Waals surface area contributed by atoms with Crippen LogP contribution in [0.25, 0.3) is 11.0 Å². The summed E-state index contributed by atoms with van der Waals surface area (Å²) in [7, 11) is 0. The minimum Gasteiger partial charge on any atom is -0.311 e. The van der Waals surface area contributed by atoms with Crippen LogP contribution in [0.3, 0.4) is 0 Å². The lowest BCUT2D eigenvalue weighted by Gasteiger charge is -2.37. The molecule has 5 rings (SSSR count). The number of hydrogen-bond acceptors (Lipinski definition) is 2. The van der Waals surface area contributed by atoms with Crippen LogP contribution in [0.5, 0.6) is 0 Å². The van der Waals surface area contributed by atoms with Crippen LogP contribution in [0.15, 0.2) is 79.1 Å². The fraction of sp³-hybridized carbons (Fsp3) is 0.394. The Morgan fingerprint density at radius 3 is 2.26 bits per heavy atom. The molecule has 1 saturated carbocycles. The Bertz CT molecular complexity index is 1340. The van der Waals surface area contributed by atoms with Crippen molar-refractivity contribution in [2.75, 3.05) is 5.32 Å². The van der Waals surface area contributed by atoms with E-state index in [1.807, 2.05) is 30.5 Å². The summed E-state index contributed by atoms with van der Waals surface area (Å²) >= 11 is 0. The second-order valence-corrected chi connectivity index (χ2v) is 11.3. The Balaban J connectivity index is 1.61. The summed E-state index contributed by atoms with van der Waals surface area (Å²) in [6.07, 6.45) is 8.45. The van der Waals surface area contributed by atoms with Gasteiger partial charge in [-0.3, -0.25) is 4.90 Å². The number of amides is 2. The Hall–Kier alpha value is -3.60. The first-order chi connectivity index (χ1) is 18.4. The highest BCUT2D eigenvalue weighted by molar-refractivity contribution is 5.92. The number of rotatable bonds is 8. The number of carbonyl (C=O) groups is 1. The first kappa shape index (κ1) is 26.0. The first-order valence-corrected chi connectivity index (χ1v) is 14.1. The van der Waals surface area contributed by atoms with Gasteiger partial charge < -0.3 is 9.88 Å². The molecule has 1 unspecified atom stereocenters. The third-order valence-electron chi connectivity index (χ3n) is 7.96. The summed E-state index contributed by atoms with van der Waals surface area (Å²) in [5.41, 5.74) is 5.36. The van der Waals surface area contributed by atoms with Gasteiger partial charge in [0.2, 0.25) is 0 Å². The highest BCUT2D eigenvalue weighted by Crippen LogP contribution is 2.40. The van der Waals surface area contributed by atoms with Crippen molar-refractivity contribution in [3.05, 3.63) is 95.8 Å². The zero-order chi connectivity index (χ0) is 26.6. The van der Waals surface area contributed by atoms with E-state index in [2.05, 4.69) is 91.1 Å². The Morgan fingerprint density at radius 2 is 1.61 bits per heavy atom. The van der Waals surface area contributed by atoms with Crippen molar-refractivity contribution < 1.29 is 4.79 Å². The van der Waals surface area contributed by atoms with Crippen molar-refractivity contribution in [2.45, 2.75) is 77.9 Å². The van der Waals surface area contributed by atoms with Gasteiger partial charge in [0.05, 0.1) is 0 Å². The number of para-hydroxylation sites is 1. The van der Waals surface area contributed by atoms with E-state index in [0.717, 1.165) is 35.1 Å². The SMILES string of the molecule is CC(C)c1cccc(C(C)C)c1NC(=O)N(Cc1ccccc1)C(C1CCCC1)n1ccc2cccnc21. The Labute approximate surface area is 226 Å². The molecule has 0 aliphatic heterocycles. The number of nitrogens with one attached hydrogen (secondary N) is 1. The molecule has 1 aliphatic rings. The number of fused-ring (bicyclic) bond motifs is 1. The van der Waals surface area contributed by atoms with Crippen LogP contribution in [-0.4, -0.2) is 20.5 Å². The summed E-state index contributed by atoms with van der Waals surface area (Å²) in [5.74, 6) is 0.969. The second kappa shape index (κ2) is 11.4. The molecule has 1 aliphatic carbocycles. The molecule has 0 spiro atoms. The highest BCUT2D eigenvalue weighted by atomic mass is 16.2. The molecular formula is C33H40N4O. The third kappa shape index (κ3) is 5.33. The van der Waals surface area contributed by atoms with Crippen molar-refractivity contribution >= 4 is 22.8 Å². The molecule has 2 heterocycles. The van der Waals surface area contributed by atoms with Crippen molar-refractivity contribution in [2.24, 2.45) is 5.92 Å². The predicted molar refractivity (Wildman–Crippen MR) is 156 cm³/mol. The smallest absolute Gasteiger partial charge is 0.311 e. The highest BCUT2D eigenvalue weighted by Gasteiger charge is 2.35. The quantitative estimate of drug-likeness (QED) is 0.259. The van der Waals surface area contributed by atoms with E-state index >= 15 is 0 Å². The topological polar surface area (TPSA) is 50.2 Å². The van der Waals surface area contributed by atoms with Crippen molar-refractivity contribution in [3.8, 4) is 0 Å². The molecule has 0 radical (unpaired) electrons. The molecule has 0 bridgehead atoms. The van der Waals surface area contributed by atoms with Gasteiger partial charge >= 0.3 is 6.03 Å². The number of anilines is 1. The average molecular weight is 509 g/mol. The Kier molecular flexibility index (Phi) is 7.82. The number of benzene rings is 2. The molecule has 38 heavy (non-hydrogen) atoms. The van der Waals surface area contributed by atoms with Crippen molar-refractivity contribution in [1.82, 2.24) is 14.5 Å². The molecule has 5 heteroatoms. The number of urea groups is 1. The van der Waals surface area contributed by atoms with E-state index in [0.29, 0.717) is 24.3 Å². The second-order valence-electron chi connectivity index (χ2n) is 11.3. The van der Waals surface area contributed by atoms with Gasteiger partial charge in [-0.1, -0.05) is 89.1 Å². The molecule has 1 fully saturated rings. The normalized spacial score (nSPS) is 14.9. The van der Waals surface area contributed by atoms with E-state index in [4.69, 9.17) is 4.98 Å². The number of nitrogens with zero attached hydrogens (tertiary/aromatic N) is 3. The van der Waals surface area contributed by atoms with Crippen LogP contribution in [0.1, 0.15) is 88.1 Å². The van der Waals surface area contributed by atoms with Crippen LogP contribution in [0.2, 0.25) is 0 Å². The number of hydrogen-bond donors (Lipinski definition) is 1. The maximum Gasteiger partial charge on any atom is 0.323 e. The van der Waals surface area contributed by atoms with Crippen LogP contribution in [0, 0.1) is 5.92 Å². The van der Waals surface area contributed by atoms with Gasteiger partial charge in [-0.05, 0) is 65.5 Å². The van der Waals surface area contributed by atoms with Crippen LogP contribution in [-0.2, 0) is 6.54 Å². The van der Waals surface area contributed by atoms with E-state index in [9.17, 15) is 4.79 Å². The molecule has 0 saturated heterocycles. The van der Waals surface area contributed by atoms with Gasteiger partial charge in [0, 0.05) is 30.0 Å². The molecule has 4 aromatic rings. The van der Waals surface area contributed by atoms with E-state index < -0.39 is 0 Å². The van der Waals surface area contributed by atoms with E-state index in [1.165, 1.54) is 24.0 Å². The van der Waals surface area contributed by atoms with E-state index in [-0.39, 0.29) is 12.2 Å². The van der Waals surface area contributed by atoms with Crippen molar-refractivity contribution in [3.63, 3.8) is 0 Å². The average Bonchev–Trinajstić information content (AvgIpc) is 3.60. The van der Waals surface area contributed by atoms with Crippen LogP contribution >= 0.6 is 0 Å².